The first-order valence-corrected chi connectivity index (χ1v) is 12.1. The van der Waals surface area contributed by atoms with Gasteiger partial charge in [-0.05, 0) is 85.9 Å². The van der Waals surface area contributed by atoms with Crippen molar-refractivity contribution in [2.45, 2.75) is 64.1 Å². The van der Waals surface area contributed by atoms with Crippen molar-refractivity contribution < 1.29 is 19.0 Å². The fourth-order valence-electron chi connectivity index (χ4n) is 5.21. The Morgan fingerprint density at radius 2 is 1.97 bits per heavy atom. The lowest BCUT2D eigenvalue weighted by Crippen LogP contribution is -2.59. The molecule has 1 saturated heterocycles. The van der Waals surface area contributed by atoms with Crippen molar-refractivity contribution in [1.82, 2.24) is 4.90 Å². The molecule has 0 bridgehead atoms. The molecule has 0 unspecified atom stereocenters. The summed E-state index contributed by atoms with van der Waals surface area (Å²) in [6.07, 6.45) is 5.06. The average molecular weight is 455 g/mol. The number of hydrogen-bond donors (Lipinski definition) is 2. The Bertz CT molecular complexity index is 962. The first kappa shape index (κ1) is 23.7. The number of halogens is 1. The van der Waals surface area contributed by atoms with Crippen molar-refractivity contribution in [2.24, 2.45) is 5.92 Å². The van der Waals surface area contributed by atoms with Gasteiger partial charge in [-0.1, -0.05) is 26.0 Å². The van der Waals surface area contributed by atoms with Crippen molar-refractivity contribution >= 4 is 11.6 Å². The third-order valence-corrected chi connectivity index (χ3v) is 6.78. The van der Waals surface area contributed by atoms with E-state index in [1.807, 2.05) is 17.0 Å². The van der Waals surface area contributed by atoms with Crippen molar-refractivity contribution in [2.75, 3.05) is 25.0 Å². The Balaban J connectivity index is 1.43. The fourth-order valence-corrected chi connectivity index (χ4v) is 5.21. The van der Waals surface area contributed by atoms with E-state index in [9.17, 15) is 14.3 Å². The molecule has 178 valence electrons. The molecule has 2 atom stereocenters. The largest absolute Gasteiger partial charge is 0.486 e. The zero-order valence-corrected chi connectivity index (χ0v) is 19.6. The van der Waals surface area contributed by atoms with Gasteiger partial charge in [0.2, 0.25) is 5.91 Å². The van der Waals surface area contributed by atoms with Gasteiger partial charge >= 0.3 is 0 Å². The van der Waals surface area contributed by atoms with Crippen LogP contribution in [0.4, 0.5) is 10.1 Å². The summed E-state index contributed by atoms with van der Waals surface area (Å²) < 4.78 is 19.5. The van der Waals surface area contributed by atoms with E-state index in [0.717, 1.165) is 24.9 Å². The second-order valence-corrected chi connectivity index (χ2v) is 9.95. The molecule has 0 radical (unpaired) electrons. The zero-order valence-electron chi connectivity index (χ0n) is 19.6. The summed E-state index contributed by atoms with van der Waals surface area (Å²) in [6, 6.07) is 12.0. The lowest BCUT2D eigenvalue weighted by Gasteiger charge is -2.45. The Morgan fingerprint density at radius 3 is 2.73 bits per heavy atom. The predicted molar refractivity (Wildman–Crippen MR) is 128 cm³/mol. The van der Waals surface area contributed by atoms with Crippen LogP contribution in [0.1, 0.15) is 50.7 Å². The maximum atomic E-state index is 13.3. The van der Waals surface area contributed by atoms with Gasteiger partial charge in [0.1, 0.15) is 23.3 Å². The summed E-state index contributed by atoms with van der Waals surface area (Å²) in [6.45, 7) is 5.44. The number of aliphatic hydroxyl groups is 1. The Hall–Kier alpha value is -2.44. The van der Waals surface area contributed by atoms with E-state index in [-0.39, 0.29) is 18.3 Å². The van der Waals surface area contributed by atoms with Crippen molar-refractivity contribution in [1.29, 1.82) is 0 Å². The summed E-state index contributed by atoms with van der Waals surface area (Å²) >= 11 is 0. The number of nitrogens with zero attached hydrogens (tertiary/aromatic N) is 1. The number of ether oxygens (including phenoxy) is 1. The topological polar surface area (TPSA) is 61.8 Å². The number of aryl methyl sites for hydroxylation is 1. The van der Waals surface area contributed by atoms with Crippen LogP contribution in [0.15, 0.2) is 42.5 Å². The van der Waals surface area contributed by atoms with Gasteiger partial charge in [-0.3, -0.25) is 9.69 Å². The Kier molecular flexibility index (Phi) is 7.35. The van der Waals surface area contributed by atoms with E-state index in [4.69, 9.17) is 4.74 Å². The van der Waals surface area contributed by atoms with E-state index in [0.29, 0.717) is 37.6 Å². The van der Waals surface area contributed by atoms with Gasteiger partial charge in [0, 0.05) is 18.8 Å². The summed E-state index contributed by atoms with van der Waals surface area (Å²) in [5, 5.41) is 14.5. The monoisotopic (exact) mass is 454 g/mol. The highest BCUT2D eigenvalue weighted by Gasteiger charge is 2.44. The Labute approximate surface area is 195 Å². The zero-order chi connectivity index (χ0) is 23.4. The number of anilines is 1. The maximum absolute atomic E-state index is 13.3. The Morgan fingerprint density at radius 1 is 1.21 bits per heavy atom. The molecule has 2 aromatic carbocycles. The van der Waals surface area contributed by atoms with Gasteiger partial charge in [0.15, 0.2) is 0 Å². The van der Waals surface area contributed by atoms with Crippen LogP contribution in [-0.2, 0) is 17.6 Å². The van der Waals surface area contributed by atoms with Gasteiger partial charge in [-0.25, -0.2) is 4.39 Å². The standard InChI is InChI=1S/C27H35FN2O3/c1-19(2)16-27(32)14-15-30(17-25(27)33-22-12-10-21(28)11-13-22)18-26(31)29-24-9-5-7-20-6-3-4-8-23(20)24/h5,7,9-13,19,25,32H,3-4,6,8,14-18H2,1-2H3,(H,29,31)/t25-,27+/m0/s1. The highest BCUT2D eigenvalue weighted by atomic mass is 19.1. The number of carbonyl (C=O) groups excluding carboxylic acids is 1. The second kappa shape index (κ2) is 10.2. The van der Waals surface area contributed by atoms with E-state index >= 15 is 0 Å². The summed E-state index contributed by atoms with van der Waals surface area (Å²) in [7, 11) is 0. The molecule has 1 fully saturated rings. The molecule has 6 heteroatoms. The van der Waals surface area contributed by atoms with Crippen LogP contribution in [0.2, 0.25) is 0 Å². The normalized spacial score (nSPS) is 23.2. The van der Waals surface area contributed by atoms with Gasteiger partial charge in [0.05, 0.1) is 6.54 Å². The minimum absolute atomic E-state index is 0.0520. The first-order valence-electron chi connectivity index (χ1n) is 12.1. The van der Waals surface area contributed by atoms with Crippen LogP contribution in [0.3, 0.4) is 0 Å². The minimum atomic E-state index is -0.992. The fraction of sp³-hybridized carbons (Fsp3) is 0.519. The van der Waals surface area contributed by atoms with Crippen LogP contribution in [0.5, 0.6) is 5.75 Å². The number of carbonyl (C=O) groups is 1. The molecule has 0 saturated carbocycles. The minimum Gasteiger partial charge on any atom is -0.486 e. The van der Waals surface area contributed by atoms with Crippen molar-refractivity contribution in [3.05, 3.63) is 59.4 Å². The van der Waals surface area contributed by atoms with E-state index in [1.165, 1.54) is 29.7 Å². The molecule has 0 spiro atoms. The first-order chi connectivity index (χ1) is 15.8. The lowest BCUT2D eigenvalue weighted by atomic mass is 9.81. The molecule has 1 aliphatic heterocycles. The van der Waals surface area contributed by atoms with Gasteiger partial charge in [-0.15, -0.1) is 0 Å². The van der Waals surface area contributed by atoms with Gasteiger partial charge < -0.3 is 15.2 Å². The summed E-state index contributed by atoms with van der Waals surface area (Å²) in [5.74, 6) is 0.438. The molecule has 4 rings (SSSR count). The second-order valence-electron chi connectivity index (χ2n) is 9.95. The van der Waals surface area contributed by atoms with Gasteiger partial charge in [-0.2, -0.15) is 0 Å². The lowest BCUT2D eigenvalue weighted by molar-refractivity contribution is -0.129. The number of hydrogen-bond acceptors (Lipinski definition) is 4. The number of fused-ring (bicyclic) bond motifs is 1. The molecule has 2 N–H and O–H groups in total. The third kappa shape index (κ3) is 5.92. The SMILES string of the molecule is CC(C)C[C@]1(O)CCN(CC(=O)Nc2cccc3c2CCCC3)C[C@@H]1Oc1ccc(F)cc1. The average Bonchev–Trinajstić information content (AvgIpc) is 2.77. The molecule has 2 aliphatic rings. The predicted octanol–water partition coefficient (Wildman–Crippen LogP) is 4.57. The highest BCUT2D eigenvalue weighted by Crippen LogP contribution is 2.33. The number of likely N-dealkylation sites (tertiary alicyclic amines) is 1. The highest BCUT2D eigenvalue weighted by molar-refractivity contribution is 5.93. The molecule has 2 aromatic rings. The van der Waals surface area contributed by atoms with Crippen molar-refractivity contribution in [3.63, 3.8) is 0 Å². The van der Waals surface area contributed by atoms with E-state index in [1.54, 1.807) is 12.1 Å². The van der Waals surface area contributed by atoms with Crippen LogP contribution < -0.4 is 10.1 Å². The number of piperidine rings is 1. The van der Waals surface area contributed by atoms with Crippen LogP contribution in [0.25, 0.3) is 0 Å². The molecule has 33 heavy (non-hydrogen) atoms. The number of amides is 1. The smallest absolute Gasteiger partial charge is 0.238 e. The molecule has 5 nitrogen and oxygen atoms in total. The molecule has 1 aliphatic carbocycles. The van der Waals surface area contributed by atoms with Crippen LogP contribution in [0, 0.1) is 11.7 Å². The number of nitrogens with one attached hydrogen (secondary N) is 1. The summed E-state index contributed by atoms with van der Waals surface area (Å²) in [4.78, 5) is 14.9. The third-order valence-electron chi connectivity index (χ3n) is 6.78. The molecule has 0 aromatic heterocycles. The molecule has 1 heterocycles. The summed E-state index contributed by atoms with van der Waals surface area (Å²) in [5.41, 5.74) is 2.53. The van der Waals surface area contributed by atoms with Crippen LogP contribution in [-0.4, -0.2) is 47.3 Å². The number of benzene rings is 2. The molecule has 1 amide bonds. The maximum Gasteiger partial charge on any atom is 0.238 e. The number of rotatable bonds is 7. The van der Waals surface area contributed by atoms with E-state index < -0.39 is 11.7 Å². The van der Waals surface area contributed by atoms with E-state index in [2.05, 4.69) is 25.2 Å². The van der Waals surface area contributed by atoms with Crippen LogP contribution >= 0.6 is 0 Å². The van der Waals surface area contributed by atoms with Gasteiger partial charge in [0.25, 0.3) is 0 Å². The van der Waals surface area contributed by atoms with Crippen molar-refractivity contribution in [3.8, 4) is 5.75 Å². The molecular formula is C27H35FN2O3. The quantitative estimate of drug-likeness (QED) is 0.643. The molecular weight excluding hydrogens is 419 g/mol.